The zero-order chi connectivity index (χ0) is 10.5. The van der Waals surface area contributed by atoms with Crippen LogP contribution in [0.5, 0.6) is 0 Å². The highest BCUT2D eigenvalue weighted by Crippen LogP contribution is 2.41. The van der Waals surface area contributed by atoms with Gasteiger partial charge in [-0.1, -0.05) is 26.7 Å². The summed E-state index contributed by atoms with van der Waals surface area (Å²) < 4.78 is 10.7. The Morgan fingerprint density at radius 2 is 1.62 bits per heavy atom. The molecule has 13 heavy (non-hydrogen) atoms. The Kier molecular flexibility index (Phi) is 5.45. The molecule has 0 bridgehead atoms. The van der Waals surface area contributed by atoms with Crippen LogP contribution in [-0.2, 0) is 9.36 Å². The zero-order valence-electron chi connectivity index (χ0n) is 8.06. The molecule has 0 unspecified atom stereocenters. The first kappa shape index (κ1) is 12.8. The number of rotatable bonds is 6. The van der Waals surface area contributed by atoms with Crippen LogP contribution in [0.25, 0.3) is 0 Å². The van der Waals surface area contributed by atoms with E-state index < -0.39 is 19.0 Å². The Bertz CT molecular complexity index is 202. The summed E-state index contributed by atoms with van der Waals surface area (Å²) in [7, 11) is -4.51. The van der Waals surface area contributed by atoms with Gasteiger partial charge < -0.3 is 9.79 Å². The normalized spacial score (nSPS) is 12.1. The van der Waals surface area contributed by atoms with Crippen molar-refractivity contribution >= 4 is 13.1 Å². The molecule has 0 radical (unpaired) electrons. The van der Waals surface area contributed by atoms with Crippen molar-refractivity contribution in [1.29, 1.82) is 0 Å². The Labute approximate surface area is 78.5 Å². The fourth-order valence-electron chi connectivity index (χ4n) is 1.33. The minimum atomic E-state index is -4.51. The first-order valence-corrected chi connectivity index (χ1v) is 6.14. The largest absolute Gasteiger partial charge is 0.391 e. The fraction of sp³-hybridized carbons (Fsp3) is 0.875. The van der Waals surface area contributed by atoms with E-state index >= 15 is 0 Å². The van der Waals surface area contributed by atoms with E-state index in [1.807, 2.05) is 13.8 Å². The molecule has 4 nitrogen and oxygen atoms in total. The van der Waals surface area contributed by atoms with Crippen LogP contribution in [0, 0.1) is 5.92 Å². The average Bonchev–Trinajstić information content (AvgIpc) is 2.01. The molecule has 0 atom stereocenters. The summed E-state index contributed by atoms with van der Waals surface area (Å²) in [6.45, 7) is 3.80. The molecule has 5 heteroatoms. The lowest BCUT2D eigenvalue weighted by Crippen LogP contribution is -2.14. The minimum Gasteiger partial charge on any atom is -0.319 e. The van der Waals surface area contributed by atoms with Crippen molar-refractivity contribution in [2.24, 2.45) is 5.92 Å². The first-order valence-electron chi connectivity index (χ1n) is 4.53. The van der Waals surface area contributed by atoms with E-state index in [2.05, 4.69) is 0 Å². The van der Waals surface area contributed by atoms with Gasteiger partial charge in [-0.3, -0.25) is 9.36 Å². The third-order valence-electron chi connectivity index (χ3n) is 1.91. The average molecular weight is 208 g/mol. The van der Waals surface area contributed by atoms with Crippen molar-refractivity contribution in [3.63, 3.8) is 0 Å². The van der Waals surface area contributed by atoms with Crippen LogP contribution in [0.1, 0.15) is 39.5 Å². The Morgan fingerprint density at radius 3 is 1.85 bits per heavy atom. The molecule has 0 aliphatic carbocycles. The van der Waals surface area contributed by atoms with E-state index in [1.54, 1.807) is 0 Å². The highest BCUT2D eigenvalue weighted by molar-refractivity contribution is 7.70. The summed E-state index contributed by atoms with van der Waals surface area (Å²) in [5.74, 6) is -0.462. The van der Waals surface area contributed by atoms with Gasteiger partial charge in [0.2, 0.25) is 5.52 Å². The van der Waals surface area contributed by atoms with E-state index in [4.69, 9.17) is 9.79 Å². The maximum absolute atomic E-state index is 11.2. The van der Waals surface area contributed by atoms with Crippen LogP contribution in [0.15, 0.2) is 0 Å². The smallest absolute Gasteiger partial charge is 0.319 e. The monoisotopic (exact) mass is 208 g/mol. The van der Waals surface area contributed by atoms with Crippen LogP contribution in [0.2, 0.25) is 0 Å². The van der Waals surface area contributed by atoms with Gasteiger partial charge in [0.25, 0.3) is 0 Å². The number of hydrogen-bond acceptors (Lipinski definition) is 2. The maximum Gasteiger partial charge on any atom is 0.391 e. The van der Waals surface area contributed by atoms with Crippen LogP contribution in [-0.4, -0.2) is 15.3 Å². The lowest BCUT2D eigenvalue weighted by atomic mass is 10.0. The second-order valence-corrected chi connectivity index (χ2v) is 4.69. The highest BCUT2D eigenvalue weighted by atomic mass is 31.2. The van der Waals surface area contributed by atoms with Gasteiger partial charge in [0.1, 0.15) is 0 Å². The van der Waals surface area contributed by atoms with Gasteiger partial charge in [-0.2, -0.15) is 0 Å². The fourth-order valence-corrected chi connectivity index (χ4v) is 2.06. The molecule has 78 valence electrons. The van der Waals surface area contributed by atoms with Crippen molar-refractivity contribution < 1.29 is 19.1 Å². The van der Waals surface area contributed by atoms with Crippen molar-refractivity contribution in [3.05, 3.63) is 0 Å². The summed E-state index contributed by atoms with van der Waals surface area (Å²) in [5.41, 5.74) is -0.892. The molecule has 0 aromatic rings. The summed E-state index contributed by atoms with van der Waals surface area (Å²) in [5, 5.41) is 0. The molecule has 0 rings (SSSR count). The summed E-state index contributed by atoms with van der Waals surface area (Å²) in [4.78, 5) is 28.5. The molecule has 0 spiro atoms. The molecular weight excluding hydrogens is 191 g/mol. The lowest BCUT2D eigenvalue weighted by Gasteiger charge is -2.13. The molecule has 0 aliphatic heterocycles. The topological polar surface area (TPSA) is 74.6 Å². The molecule has 0 heterocycles. The third-order valence-corrected chi connectivity index (χ3v) is 2.85. The molecule has 2 N–H and O–H groups in total. The van der Waals surface area contributed by atoms with Crippen molar-refractivity contribution in [2.45, 2.75) is 39.5 Å². The Morgan fingerprint density at radius 1 is 1.23 bits per heavy atom. The van der Waals surface area contributed by atoms with Gasteiger partial charge in [-0.05, 0) is 12.8 Å². The van der Waals surface area contributed by atoms with E-state index in [1.165, 1.54) is 0 Å². The molecule has 0 aliphatic rings. The van der Waals surface area contributed by atoms with Crippen LogP contribution >= 0.6 is 7.60 Å². The predicted molar refractivity (Wildman–Crippen MR) is 50.4 cm³/mol. The van der Waals surface area contributed by atoms with Crippen molar-refractivity contribution in [3.8, 4) is 0 Å². The quantitative estimate of drug-likeness (QED) is 0.654. The molecule has 0 aromatic carbocycles. The summed E-state index contributed by atoms with van der Waals surface area (Å²) in [6, 6.07) is 0. The molecule has 0 saturated carbocycles. The second kappa shape index (κ2) is 5.53. The van der Waals surface area contributed by atoms with E-state index in [0.29, 0.717) is 12.8 Å². The van der Waals surface area contributed by atoms with Crippen molar-refractivity contribution in [2.75, 3.05) is 0 Å². The zero-order valence-corrected chi connectivity index (χ0v) is 8.96. The standard InChI is InChI=1S/C8H17O4P/c1-3-5-7(6-4-2)8(9)13(10,11)12/h7H,3-6H2,1-2H3,(H2,10,11,12). The SMILES string of the molecule is CCCC(CCC)C(=O)P(=O)(O)O. The van der Waals surface area contributed by atoms with Crippen LogP contribution in [0.4, 0.5) is 0 Å². The summed E-state index contributed by atoms with van der Waals surface area (Å²) >= 11 is 0. The molecular formula is C8H17O4P. The first-order chi connectivity index (χ1) is 5.93. The van der Waals surface area contributed by atoms with Crippen LogP contribution in [0.3, 0.4) is 0 Å². The van der Waals surface area contributed by atoms with Crippen LogP contribution < -0.4 is 0 Å². The highest BCUT2D eigenvalue weighted by Gasteiger charge is 2.32. The molecule has 0 saturated heterocycles. The maximum atomic E-state index is 11.2. The van der Waals surface area contributed by atoms with Gasteiger partial charge in [0.15, 0.2) is 0 Å². The Balaban J connectivity index is 4.37. The van der Waals surface area contributed by atoms with E-state index in [0.717, 1.165) is 12.8 Å². The van der Waals surface area contributed by atoms with Gasteiger partial charge in [0.05, 0.1) is 0 Å². The van der Waals surface area contributed by atoms with E-state index in [-0.39, 0.29) is 0 Å². The molecule has 0 fully saturated rings. The lowest BCUT2D eigenvalue weighted by molar-refractivity contribution is -0.117. The molecule has 0 aromatic heterocycles. The van der Waals surface area contributed by atoms with Crippen molar-refractivity contribution in [1.82, 2.24) is 0 Å². The predicted octanol–water partition coefficient (Wildman–Crippen LogP) is 1.91. The molecule has 0 amide bonds. The summed E-state index contributed by atoms with van der Waals surface area (Å²) in [6.07, 6.45) is 2.68. The number of carbonyl (C=O) groups excluding carboxylic acids is 1. The Hall–Kier alpha value is -0.180. The second-order valence-electron chi connectivity index (χ2n) is 3.16. The van der Waals surface area contributed by atoms with Gasteiger partial charge in [-0.25, -0.2) is 0 Å². The minimum absolute atomic E-state index is 0.462. The number of carbonyl (C=O) groups is 1. The van der Waals surface area contributed by atoms with Gasteiger partial charge in [-0.15, -0.1) is 0 Å². The number of hydrogen-bond donors (Lipinski definition) is 2. The van der Waals surface area contributed by atoms with E-state index in [9.17, 15) is 9.36 Å². The third kappa shape index (κ3) is 4.55. The van der Waals surface area contributed by atoms with Gasteiger partial charge in [0, 0.05) is 5.92 Å². The van der Waals surface area contributed by atoms with Gasteiger partial charge >= 0.3 is 7.60 Å².